The Morgan fingerprint density at radius 1 is 1.03 bits per heavy atom. The van der Waals surface area contributed by atoms with Crippen molar-refractivity contribution in [2.24, 2.45) is 0 Å². The topological polar surface area (TPSA) is 60.2 Å². The third-order valence-corrected chi connectivity index (χ3v) is 5.35. The highest BCUT2D eigenvalue weighted by Gasteiger charge is 2.20. The van der Waals surface area contributed by atoms with E-state index >= 15 is 0 Å². The maximum absolute atomic E-state index is 12.7. The summed E-state index contributed by atoms with van der Waals surface area (Å²) in [5.74, 6) is 1.45. The first-order chi connectivity index (χ1) is 14.2. The van der Waals surface area contributed by atoms with E-state index in [1.807, 2.05) is 59.3 Å². The van der Waals surface area contributed by atoms with Gasteiger partial charge in [0, 0.05) is 13.6 Å². The minimum absolute atomic E-state index is 0.114. The van der Waals surface area contributed by atoms with E-state index < -0.39 is 0 Å². The largest absolute Gasteiger partial charge is 0.457 e. The summed E-state index contributed by atoms with van der Waals surface area (Å²) in [7, 11) is 1.79. The zero-order valence-corrected chi connectivity index (χ0v) is 16.7. The van der Waals surface area contributed by atoms with Crippen molar-refractivity contribution in [3.8, 4) is 11.5 Å². The van der Waals surface area contributed by atoms with Gasteiger partial charge in [-0.15, -0.1) is 5.10 Å². The summed E-state index contributed by atoms with van der Waals surface area (Å²) in [6.07, 6.45) is 7.75. The monoisotopic (exact) mass is 390 g/mol. The molecule has 1 fully saturated rings. The molecule has 0 bridgehead atoms. The molecule has 2 aromatic carbocycles. The molecule has 0 aliphatic heterocycles. The molecule has 1 heterocycles. The predicted molar refractivity (Wildman–Crippen MR) is 111 cm³/mol. The van der Waals surface area contributed by atoms with Crippen LogP contribution in [0.25, 0.3) is 0 Å². The van der Waals surface area contributed by atoms with Gasteiger partial charge in [0.05, 0.1) is 12.2 Å². The molecule has 6 nitrogen and oxygen atoms in total. The molecule has 0 unspecified atom stereocenters. The van der Waals surface area contributed by atoms with Crippen molar-refractivity contribution >= 4 is 5.91 Å². The normalized spacial score (nSPS) is 14.5. The van der Waals surface area contributed by atoms with Crippen LogP contribution in [0.4, 0.5) is 0 Å². The lowest BCUT2D eigenvalue weighted by Crippen LogP contribution is -2.26. The van der Waals surface area contributed by atoms with Crippen LogP contribution in [0.1, 0.15) is 54.2 Å². The Morgan fingerprint density at radius 2 is 1.72 bits per heavy atom. The maximum atomic E-state index is 12.7. The molecule has 1 amide bonds. The van der Waals surface area contributed by atoms with Crippen molar-refractivity contribution in [2.75, 3.05) is 7.05 Å². The highest BCUT2D eigenvalue weighted by molar-refractivity contribution is 5.91. The number of benzene rings is 2. The first kappa shape index (κ1) is 19.2. The average molecular weight is 390 g/mol. The fourth-order valence-electron chi connectivity index (χ4n) is 3.73. The highest BCUT2D eigenvalue weighted by Crippen LogP contribution is 2.27. The number of rotatable bonds is 6. The number of aromatic nitrogens is 3. The first-order valence-electron chi connectivity index (χ1n) is 10.2. The lowest BCUT2D eigenvalue weighted by molar-refractivity contribution is 0.0779. The van der Waals surface area contributed by atoms with Gasteiger partial charge in [0.1, 0.15) is 11.5 Å². The molecule has 0 saturated heterocycles. The second-order valence-corrected chi connectivity index (χ2v) is 7.60. The minimum Gasteiger partial charge on any atom is -0.457 e. The van der Waals surface area contributed by atoms with E-state index in [9.17, 15) is 4.79 Å². The van der Waals surface area contributed by atoms with Crippen molar-refractivity contribution in [1.29, 1.82) is 0 Å². The predicted octanol–water partition coefficient (Wildman–Crippen LogP) is 4.85. The zero-order chi connectivity index (χ0) is 20.1. The van der Waals surface area contributed by atoms with Crippen LogP contribution in [0, 0.1) is 0 Å². The number of ether oxygens (including phenoxy) is 1. The highest BCUT2D eigenvalue weighted by atomic mass is 16.5. The van der Waals surface area contributed by atoms with Gasteiger partial charge in [0.25, 0.3) is 5.91 Å². The Kier molecular flexibility index (Phi) is 5.89. The van der Waals surface area contributed by atoms with E-state index in [0.717, 1.165) is 29.9 Å². The number of para-hydroxylation sites is 1. The fraction of sp³-hybridized carbons (Fsp3) is 0.348. The second kappa shape index (κ2) is 8.90. The van der Waals surface area contributed by atoms with Crippen LogP contribution in [0.5, 0.6) is 11.5 Å². The van der Waals surface area contributed by atoms with Crippen LogP contribution in [-0.4, -0.2) is 32.8 Å². The molecular formula is C23H26N4O2. The zero-order valence-electron chi connectivity index (χ0n) is 16.7. The molecule has 1 aliphatic carbocycles. The molecule has 1 aliphatic rings. The molecule has 29 heavy (non-hydrogen) atoms. The molecule has 0 radical (unpaired) electrons. The van der Waals surface area contributed by atoms with Crippen LogP contribution >= 0.6 is 0 Å². The molecule has 0 spiro atoms. The molecular weight excluding hydrogens is 364 g/mol. The summed E-state index contributed by atoms with van der Waals surface area (Å²) in [5, 5.41) is 8.32. The number of amides is 1. The van der Waals surface area contributed by atoms with Crippen molar-refractivity contribution < 1.29 is 9.53 Å². The van der Waals surface area contributed by atoms with Gasteiger partial charge in [-0.05, 0) is 42.7 Å². The van der Waals surface area contributed by atoms with Gasteiger partial charge in [0.15, 0.2) is 5.69 Å². The number of hydrogen-bond donors (Lipinski definition) is 0. The maximum Gasteiger partial charge on any atom is 0.276 e. The summed E-state index contributed by atoms with van der Waals surface area (Å²) in [4.78, 5) is 14.4. The van der Waals surface area contributed by atoms with E-state index in [2.05, 4.69) is 10.3 Å². The first-order valence-corrected chi connectivity index (χ1v) is 10.2. The van der Waals surface area contributed by atoms with E-state index in [4.69, 9.17) is 4.74 Å². The van der Waals surface area contributed by atoms with E-state index in [0.29, 0.717) is 18.3 Å². The summed E-state index contributed by atoms with van der Waals surface area (Å²) in [5.41, 5.74) is 1.43. The minimum atomic E-state index is -0.114. The number of carbonyl (C=O) groups excluding carboxylic acids is 1. The molecule has 0 atom stereocenters. The van der Waals surface area contributed by atoms with Gasteiger partial charge in [-0.3, -0.25) is 4.79 Å². The number of nitrogens with zero attached hydrogens (tertiary/aromatic N) is 4. The van der Waals surface area contributed by atoms with Gasteiger partial charge in [0.2, 0.25) is 0 Å². The third kappa shape index (κ3) is 4.83. The van der Waals surface area contributed by atoms with Gasteiger partial charge < -0.3 is 9.64 Å². The van der Waals surface area contributed by atoms with Gasteiger partial charge in [-0.1, -0.05) is 54.8 Å². The summed E-state index contributed by atoms with van der Waals surface area (Å²) in [6, 6.07) is 17.8. The Balaban J connectivity index is 1.35. The summed E-state index contributed by atoms with van der Waals surface area (Å²) >= 11 is 0. The van der Waals surface area contributed by atoms with Crippen molar-refractivity contribution in [3.05, 3.63) is 72.1 Å². The Labute approximate surface area is 171 Å². The third-order valence-electron chi connectivity index (χ3n) is 5.35. The van der Waals surface area contributed by atoms with Crippen molar-refractivity contribution in [3.63, 3.8) is 0 Å². The van der Waals surface area contributed by atoms with Crippen LogP contribution < -0.4 is 4.74 Å². The Bertz CT molecular complexity index is 931. The van der Waals surface area contributed by atoms with Crippen LogP contribution in [0.2, 0.25) is 0 Å². The van der Waals surface area contributed by atoms with Gasteiger partial charge >= 0.3 is 0 Å². The lowest BCUT2D eigenvalue weighted by atomic mass is 9.96. The molecule has 6 heteroatoms. The van der Waals surface area contributed by atoms with Gasteiger partial charge in [-0.2, -0.15) is 0 Å². The molecule has 0 N–H and O–H groups in total. The van der Waals surface area contributed by atoms with E-state index in [1.165, 1.54) is 19.3 Å². The number of carbonyl (C=O) groups is 1. The van der Waals surface area contributed by atoms with Crippen LogP contribution in [0.3, 0.4) is 0 Å². The summed E-state index contributed by atoms with van der Waals surface area (Å²) < 4.78 is 7.68. The van der Waals surface area contributed by atoms with Crippen LogP contribution in [-0.2, 0) is 6.54 Å². The molecule has 1 aromatic heterocycles. The van der Waals surface area contributed by atoms with E-state index in [1.54, 1.807) is 18.1 Å². The lowest BCUT2D eigenvalue weighted by Gasteiger charge is -2.21. The molecule has 4 rings (SSSR count). The smallest absolute Gasteiger partial charge is 0.276 e. The summed E-state index contributed by atoms with van der Waals surface area (Å²) in [6.45, 7) is 0.501. The van der Waals surface area contributed by atoms with E-state index in [-0.39, 0.29) is 5.91 Å². The molecule has 3 aromatic rings. The SMILES string of the molecule is CN(Cc1ccc(Oc2ccccc2)cc1)C(=O)c1cn(C2CCCCC2)nn1. The second-order valence-electron chi connectivity index (χ2n) is 7.60. The number of hydrogen-bond acceptors (Lipinski definition) is 4. The fourth-order valence-corrected chi connectivity index (χ4v) is 3.73. The van der Waals surface area contributed by atoms with Crippen molar-refractivity contribution in [2.45, 2.75) is 44.7 Å². The Hall–Kier alpha value is -3.15. The quantitative estimate of drug-likeness (QED) is 0.604. The Morgan fingerprint density at radius 3 is 2.45 bits per heavy atom. The average Bonchev–Trinajstić information content (AvgIpc) is 3.26. The standard InChI is InChI=1S/C23H26N4O2/c1-26(23(28)22-17-27(25-24-22)19-8-4-2-5-9-19)16-18-12-14-21(15-13-18)29-20-10-6-3-7-11-20/h3,6-7,10-15,17,19H,2,4-5,8-9,16H2,1H3. The molecule has 1 saturated carbocycles. The van der Waals surface area contributed by atoms with Crippen molar-refractivity contribution in [1.82, 2.24) is 19.9 Å². The molecule has 150 valence electrons. The van der Waals surface area contributed by atoms with Crippen LogP contribution in [0.15, 0.2) is 60.8 Å². The van der Waals surface area contributed by atoms with Gasteiger partial charge in [-0.25, -0.2) is 4.68 Å².